The average molecular weight is 398 g/mol. The first-order chi connectivity index (χ1) is 10.2. The fourth-order valence-corrected chi connectivity index (χ4v) is 2.49. The highest BCUT2D eigenvalue weighted by Gasteiger charge is 2.11. The normalized spacial score (nSPS) is 10.1. The Balaban J connectivity index is 1.74. The van der Waals surface area contributed by atoms with E-state index in [1.54, 1.807) is 12.1 Å². The number of rotatable bonds is 7. The van der Waals surface area contributed by atoms with E-state index in [0.29, 0.717) is 10.2 Å². The molecule has 5 nitrogen and oxygen atoms in total. The highest BCUT2D eigenvalue weighted by molar-refractivity contribution is 14.1. The molecule has 0 aliphatic rings. The van der Waals surface area contributed by atoms with Crippen molar-refractivity contribution >= 4 is 34.0 Å². The monoisotopic (exact) mass is 398 g/mol. The molecule has 0 heterocycles. The Kier molecular flexibility index (Phi) is 5.79. The van der Waals surface area contributed by atoms with Gasteiger partial charge >= 0.3 is 0 Å². The molecule has 2 rings (SSSR count). The standard InChI is InChI=1S/C15H15IN2O3/c16-14-11-12(7-8-15(14)18(19)20)17-9-4-10-21-13-5-2-1-3-6-13/h1-3,5-8,11,17H,4,9-10H2. The van der Waals surface area contributed by atoms with Crippen LogP contribution in [0.1, 0.15) is 6.42 Å². The molecule has 0 unspecified atom stereocenters. The van der Waals surface area contributed by atoms with Crippen LogP contribution in [0.15, 0.2) is 48.5 Å². The van der Waals surface area contributed by atoms with Crippen LogP contribution in [-0.2, 0) is 0 Å². The molecule has 0 saturated heterocycles. The van der Waals surface area contributed by atoms with Crippen LogP contribution >= 0.6 is 22.6 Å². The molecule has 0 spiro atoms. The van der Waals surface area contributed by atoms with Crippen LogP contribution in [0.5, 0.6) is 5.75 Å². The van der Waals surface area contributed by atoms with Gasteiger partial charge in [-0.1, -0.05) is 18.2 Å². The van der Waals surface area contributed by atoms with Crippen molar-refractivity contribution in [3.63, 3.8) is 0 Å². The van der Waals surface area contributed by atoms with Crippen molar-refractivity contribution < 1.29 is 9.66 Å². The molecule has 0 radical (unpaired) electrons. The van der Waals surface area contributed by atoms with E-state index in [1.807, 2.05) is 52.9 Å². The van der Waals surface area contributed by atoms with E-state index in [1.165, 1.54) is 6.07 Å². The van der Waals surface area contributed by atoms with Gasteiger partial charge in [0.2, 0.25) is 0 Å². The largest absolute Gasteiger partial charge is 0.494 e. The van der Waals surface area contributed by atoms with Crippen LogP contribution in [0.25, 0.3) is 0 Å². The molecule has 0 atom stereocenters. The van der Waals surface area contributed by atoms with Crippen molar-refractivity contribution in [3.8, 4) is 5.75 Å². The average Bonchev–Trinajstić information content (AvgIpc) is 2.47. The van der Waals surface area contributed by atoms with Crippen LogP contribution < -0.4 is 10.1 Å². The first-order valence-corrected chi connectivity index (χ1v) is 7.60. The number of nitrogens with one attached hydrogen (secondary N) is 1. The molecule has 0 amide bonds. The molecule has 0 fully saturated rings. The predicted molar refractivity (Wildman–Crippen MR) is 90.9 cm³/mol. The zero-order valence-corrected chi connectivity index (χ0v) is 13.4. The van der Waals surface area contributed by atoms with Crippen LogP contribution in [0.3, 0.4) is 0 Å². The van der Waals surface area contributed by atoms with E-state index < -0.39 is 0 Å². The molecule has 0 saturated carbocycles. The molecular weight excluding hydrogens is 383 g/mol. The molecule has 2 aromatic rings. The molecule has 6 heteroatoms. The molecule has 0 bridgehead atoms. The number of ether oxygens (including phenoxy) is 1. The van der Waals surface area contributed by atoms with Gasteiger partial charge in [0.25, 0.3) is 5.69 Å². The lowest BCUT2D eigenvalue weighted by Crippen LogP contribution is -2.07. The van der Waals surface area contributed by atoms with Crippen molar-refractivity contribution in [2.45, 2.75) is 6.42 Å². The second-order valence-electron chi connectivity index (χ2n) is 4.37. The second-order valence-corrected chi connectivity index (χ2v) is 5.53. The third-order valence-corrected chi connectivity index (χ3v) is 3.67. The Labute approximate surface area is 136 Å². The molecule has 110 valence electrons. The lowest BCUT2D eigenvalue weighted by atomic mass is 10.3. The SMILES string of the molecule is O=[N+]([O-])c1ccc(NCCCOc2ccccc2)cc1I. The summed E-state index contributed by atoms with van der Waals surface area (Å²) in [6, 6.07) is 14.7. The number of para-hydroxylation sites is 1. The quantitative estimate of drug-likeness (QED) is 0.331. The van der Waals surface area contributed by atoms with Gasteiger partial charge < -0.3 is 10.1 Å². The molecule has 0 aliphatic carbocycles. The van der Waals surface area contributed by atoms with Crippen LogP contribution in [0, 0.1) is 13.7 Å². The fraction of sp³-hybridized carbons (Fsp3) is 0.200. The van der Waals surface area contributed by atoms with E-state index in [0.717, 1.165) is 24.4 Å². The number of nitro groups is 1. The zero-order chi connectivity index (χ0) is 15.1. The van der Waals surface area contributed by atoms with Gasteiger partial charge in [-0.05, 0) is 53.3 Å². The van der Waals surface area contributed by atoms with E-state index in [2.05, 4.69) is 5.32 Å². The van der Waals surface area contributed by atoms with E-state index in [4.69, 9.17) is 4.74 Å². The van der Waals surface area contributed by atoms with Crippen LogP contribution in [-0.4, -0.2) is 18.1 Å². The van der Waals surface area contributed by atoms with Gasteiger partial charge in [0.15, 0.2) is 0 Å². The molecule has 0 aliphatic heterocycles. The number of hydrogen-bond acceptors (Lipinski definition) is 4. The first kappa shape index (κ1) is 15.6. The smallest absolute Gasteiger partial charge is 0.282 e. The van der Waals surface area contributed by atoms with Crippen molar-refractivity contribution in [2.75, 3.05) is 18.5 Å². The van der Waals surface area contributed by atoms with E-state index in [-0.39, 0.29) is 10.6 Å². The van der Waals surface area contributed by atoms with Gasteiger partial charge in [-0.2, -0.15) is 0 Å². The Morgan fingerprint density at radius 1 is 1.19 bits per heavy atom. The van der Waals surface area contributed by atoms with Gasteiger partial charge in [-0.25, -0.2) is 0 Å². The van der Waals surface area contributed by atoms with Crippen LogP contribution in [0.2, 0.25) is 0 Å². The number of anilines is 1. The maximum Gasteiger partial charge on any atom is 0.282 e. The Morgan fingerprint density at radius 2 is 1.95 bits per heavy atom. The summed E-state index contributed by atoms with van der Waals surface area (Å²) in [4.78, 5) is 10.4. The third-order valence-electron chi connectivity index (χ3n) is 2.81. The fourth-order valence-electron chi connectivity index (χ4n) is 1.78. The summed E-state index contributed by atoms with van der Waals surface area (Å²) in [6.45, 7) is 1.38. The zero-order valence-electron chi connectivity index (χ0n) is 11.3. The van der Waals surface area contributed by atoms with E-state index in [9.17, 15) is 10.1 Å². The molecule has 2 aromatic carbocycles. The maximum atomic E-state index is 10.7. The summed E-state index contributed by atoms with van der Waals surface area (Å²) in [5.41, 5.74) is 1.01. The number of nitrogens with zero attached hydrogens (tertiary/aromatic N) is 1. The van der Waals surface area contributed by atoms with E-state index >= 15 is 0 Å². The van der Waals surface area contributed by atoms with Crippen molar-refractivity contribution in [1.29, 1.82) is 0 Å². The van der Waals surface area contributed by atoms with Gasteiger partial charge in [-0.15, -0.1) is 0 Å². The second kappa shape index (κ2) is 7.82. The number of nitro benzene ring substituents is 1. The lowest BCUT2D eigenvalue weighted by Gasteiger charge is -2.08. The first-order valence-electron chi connectivity index (χ1n) is 6.52. The third kappa shape index (κ3) is 4.89. The van der Waals surface area contributed by atoms with Crippen molar-refractivity contribution in [1.82, 2.24) is 0 Å². The summed E-state index contributed by atoms with van der Waals surface area (Å²) in [5.74, 6) is 0.863. The summed E-state index contributed by atoms with van der Waals surface area (Å²) < 4.78 is 6.22. The minimum Gasteiger partial charge on any atom is -0.494 e. The van der Waals surface area contributed by atoms with Gasteiger partial charge in [0.1, 0.15) is 5.75 Å². The number of halogens is 1. The Morgan fingerprint density at radius 3 is 2.62 bits per heavy atom. The molecular formula is C15H15IN2O3. The van der Waals surface area contributed by atoms with Gasteiger partial charge in [0, 0.05) is 18.3 Å². The number of benzene rings is 2. The molecule has 0 aromatic heterocycles. The molecule has 21 heavy (non-hydrogen) atoms. The van der Waals surface area contributed by atoms with Crippen molar-refractivity contribution in [3.05, 3.63) is 62.2 Å². The Hall–Kier alpha value is -1.83. The van der Waals surface area contributed by atoms with Gasteiger partial charge in [-0.3, -0.25) is 10.1 Å². The summed E-state index contributed by atoms with van der Waals surface area (Å²) >= 11 is 1.97. The maximum absolute atomic E-state index is 10.7. The summed E-state index contributed by atoms with van der Waals surface area (Å²) in [6.07, 6.45) is 0.850. The lowest BCUT2D eigenvalue weighted by molar-refractivity contribution is -0.385. The number of hydrogen-bond donors (Lipinski definition) is 1. The summed E-state index contributed by atoms with van der Waals surface area (Å²) in [7, 11) is 0. The van der Waals surface area contributed by atoms with Gasteiger partial charge in [0.05, 0.1) is 15.1 Å². The highest BCUT2D eigenvalue weighted by Crippen LogP contribution is 2.24. The van der Waals surface area contributed by atoms with Crippen molar-refractivity contribution in [2.24, 2.45) is 0 Å². The predicted octanol–water partition coefficient (Wildman–Crippen LogP) is 4.08. The topological polar surface area (TPSA) is 64.4 Å². The van der Waals surface area contributed by atoms with Crippen LogP contribution in [0.4, 0.5) is 11.4 Å². The highest BCUT2D eigenvalue weighted by atomic mass is 127. The minimum atomic E-state index is -0.376. The molecule has 1 N–H and O–H groups in total. The summed E-state index contributed by atoms with van der Waals surface area (Å²) in [5, 5.41) is 14.0. The Bertz CT molecular complexity index is 605. The minimum absolute atomic E-state index is 0.133.